The van der Waals surface area contributed by atoms with Crippen molar-refractivity contribution >= 4 is 21.5 Å². The van der Waals surface area contributed by atoms with E-state index < -0.39 is 10.0 Å². The molecule has 2 aliphatic heterocycles. The predicted octanol–water partition coefficient (Wildman–Crippen LogP) is 2.33. The number of nitrogens with zero attached hydrogens (tertiary/aromatic N) is 3. The monoisotopic (exact) mass is 414 g/mol. The van der Waals surface area contributed by atoms with Crippen molar-refractivity contribution in [2.75, 3.05) is 45.2 Å². The molecule has 0 radical (unpaired) electrons. The molecule has 2 aromatic carbocycles. The number of nitrogens with one attached hydrogen (secondary N) is 1. The van der Waals surface area contributed by atoms with Crippen molar-refractivity contribution < 1.29 is 13.2 Å². The molecule has 154 valence electrons. The summed E-state index contributed by atoms with van der Waals surface area (Å²) in [6.45, 7) is 6.84. The van der Waals surface area contributed by atoms with E-state index in [1.54, 1.807) is 13.2 Å². The maximum atomic E-state index is 12.5. The first-order chi connectivity index (χ1) is 13.9. The molecule has 0 unspecified atom stereocenters. The van der Waals surface area contributed by atoms with Crippen molar-refractivity contribution in [2.45, 2.75) is 18.4 Å². The minimum absolute atomic E-state index is 0.254. The molecule has 7 nitrogen and oxygen atoms in total. The van der Waals surface area contributed by atoms with Gasteiger partial charge in [0.05, 0.1) is 19.3 Å². The number of rotatable bonds is 5. The lowest BCUT2D eigenvalue weighted by atomic mass is 10.2. The summed E-state index contributed by atoms with van der Waals surface area (Å²) in [4.78, 5) is 4.89. The Labute approximate surface area is 172 Å². The number of ether oxygens (including phenoxy) is 1. The second-order valence-corrected chi connectivity index (χ2v) is 9.11. The van der Waals surface area contributed by atoms with E-state index in [-0.39, 0.29) is 4.90 Å². The molecule has 0 aliphatic carbocycles. The van der Waals surface area contributed by atoms with Gasteiger partial charge in [-0.3, -0.25) is 9.80 Å². The van der Waals surface area contributed by atoms with Crippen LogP contribution in [0, 0.1) is 6.92 Å². The van der Waals surface area contributed by atoms with Crippen molar-refractivity contribution in [3.63, 3.8) is 0 Å². The van der Waals surface area contributed by atoms with Crippen LogP contribution in [0.5, 0.6) is 5.75 Å². The molecule has 0 saturated carbocycles. The van der Waals surface area contributed by atoms with Gasteiger partial charge in [0.1, 0.15) is 16.5 Å². The van der Waals surface area contributed by atoms with Crippen molar-refractivity contribution in [1.29, 1.82) is 0 Å². The molecule has 2 heterocycles. The van der Waals surface area contributed by atoms with E-state index in [0.717, 1.165) is 44.0 Å². The average Bonchev–Trinajstić information content (AvgIpc) is 2.70. The van der Waals surface area contributed by atoms with Gasteiger partial charge in [-0.2, -0.15) is 8.42 Å². The van der Waals surface area contributed by atoms with Crippen LogP contribution >= 0.6 is 0 Å². The van der Waals surface area contributed by atoms with Crippen LogP contribution in [-0.2, 0) is 16.6 Å². The zero-order chi connectivity index (χ0) is 20.4. The molecule has 0 atom stereocenters. The van der Waals surface area contributed by atoms with E-state index in [2.05, 4.69) is 31.6 Å². The normalized spacial score (nSPS) is 19.2. The van der Waals surface area contributed by atoms with Gasteiger partial charge in [0, 0.05) is 32.7 Å². The highest BCUT2D eigenvalue weighted by Crippen LogP contribution is 2.28. The number of hydrogen-bond donors (Lipinski definition) is 1. The van der Waals surface area contributed by atoms with Crippen LogP contribution in [0.1, 0.15) is 11.1 Å². The molecule has 1 N–H and O–H groups in total. The molecular weight excluding hydrogens is 388 g/mol. The van der Waals surface area contributed by atoms with E-state index in [1.165, 1.54) is 5.56 Å². The fraction of sp³-hybridized carbons (Fsp3) is 0.381. The summed E-state index contributed by atoms with van der Waals surface area (Å²) in [5.41, 5.74) is 2.74. The van der Waals surface area contributed by atoms with Gasteiger partial charge < -0.3 is 10.1 Å². The van der Waals surface area contributed by atoms with Gasteiger partial charge >= 0.3 is 0 Å². The first-order valence-corrected chi connectivity index (χ1v) is 11.2. The molecule has 1 saturated heterocycles. The Hall–Kier alpha value is -2.42. The maximum absolute atomic E-state index is 12.5. The molecule has 0 spiro atoms. The highest BCUT2D eigenvalue weighted by molar-refractivity contribution is 7.90. The molecule has 8 heteroatoms. The Bertz CT molecular complexity index is 1030. The van der Waals surface area contributed by atoms with Crippen molar-refractivity contribution in [3.05, 3.63) is 53.6 Å². The number of piperazine rings is 1. The predicted molar refractivity (Wildman–Crippen MR) is 114 cm³/mol. The number of sulfonamides is 1. The standard InChI is InChI=1S/C21H26N4O3S/c1-16-6-7-19-20(12-16)29(26,27)23-21(22-19)15-25-10-8-24(9-11-25)14-17-4-3-5-18(13-17)28-2/h3-7,12-13H,8-11,14-15H2,1-2H3,(H,22,23). The highest BCUT2D eigenvalue weighted by Gasteiger charge is 2.26. The van der Waals surface area contributed by atoms with Crippen LogP contribution in [0.4, 0.5) is 5.69 Å². The summed E-state index contributed by atoms with van der Waals surface area (Å²) in [5.74, 6) is 1.36. The molecule has 0 amide bonds. The van der Waals surface area contributed by atoms with Crippen LogP contribution in [-0.4, -0.2) is 63.9 Å². The van der Waals surface area contributed by atoms with Crippen LogP contribution < -0.4 is 10.1 Å². The number of hydrogen-bond acceptors (Lipinski definition) is 6. The lowest BCUT2D eigenvalue weighted by Crippen LogP contribution is -2.48. The number of benzene rings is 2. The Kier molecular flexibility index (Phi) is 5.58. The molecule has 4 rings (SSSR count). The summed E-state index contributed by atoms with van der Waals surface area (Å²) in [7, 11) is -1.97. The summed E-state index contributed by atoms with van der Waals surface area (Å²) in [6, 6.07) is 13.5. The van der Waals surface area contributed by atoms with Gasteiger partial charge in [-0.15, -0.1) is 4.40 Å². The van der Waals surface area contributed by atoms with Gasteiger partial charge in [0.15, 0.2) is 0 Å². The Morgan fingerprint density at radius 3 is 2.48 bits per heavy atom. The summed E-state index contributed by atoms with van der Waals surface area (Å²) < 4.78 is 34.3. The van der Waals surface area contributed by atoms with E-state index in [1.807, 2.05) is 31.2 Å². The van der Waals surface area contributed by atoms with E-state index in [9.17, 15) is 8.42 Å². The van der Waals surface area contributed by atoms with Gasteiger partial charge in [0.2, 0.25) is 0 Å². The fourth-order valence-corrected chi connectivity index (χ4v) is 4.96. The van der Waals surface area contributed by atoms with Crippen molar-refractivity contribution in [2.24, 2.45) is 4.40 Å². The van der Waals surface area contributed by atoms with E-state index >= 15 is 0 Å². The molecule has 0 aromatic heterocycles. The number of fused-ring (bicyclic) bond motifs is 1. The Morgan fingerprint density at radius 1 is 1.03 bits per heavy atom. The SMILES string of the molecule is COc1cccc(CN2CCN(CC3=NS(=O)(=O)c4cc(C)ccc4N3)CC2)c1. The zero-order valence-electron chi connectivity index (χ0n) is 16.8. The Balaban J connectivity index is 1.35. The topological polar surface area (TPSA) is 74.2 Å². The third kappa shape index (κ3) is 4.60. The minimum atomic E-state index is -3.65. The minimum Gasteiger partial charge on any atom is -0.497 e. The second-order valence-electron chi connectivity index (χ2n) is 7.54. The van der Waals surface area contributed by atoms with E-state index in [4.69, 9.17) is 4.74 Å². The third-order valence-electron chi connectivity index (χ3n) is 5.30. The summed E-state index contributed by atoms with van der Waals surface area (Å²) in [6.07, 6.45) is 0. The quantitative estimate of drug-likeness (QED) is 0.810. The van der Waals surface area contributed by atoms with Crippen LogP contribution in [0.2, 0.25) is 0 Å². The third-order valence-corrected chi connectivity index (χ3v) is 6.66. The lowest BCUT2D eigenvalue weighted by Gasteiger charge is -2.35. The van der Waals surface area contributed by atoms with Crippen LogP contribution in [0.25, 0.3) is 0 Å². The lowest BCUT2D eigenvalue weighted by molar-refractivity contribution is 0.140. The molecular formula is C21H26N4O3S. The van der Waals surface area contributed by atoms with Gasteiger partial charge in [-0.05, 0) is 42.3 Å². The number of methoxy groups -OCH3 is 1. The smallest absolute Gasteiger partial charge is 0.286 e. The zero-order valence-corrected chi connectivity index (χ0v) is 17.6. The number of aryl methyl sites for hydroxylation is 1. The molecule has 1 fully saturated rings. The molecule has 29 heavy (non-hydrogen) atoms. The summed E-state index contributed by atoms with van der Waals surface area (Å²) in [5, 5.41) is 3.19. The first-order valence-electron chi connectivity index (χ1n) is 9.72. The van der Waals surface area contributed by atoms with E-state index in [0.29, 0.717) is 18.1 Å². The first kappa shape index (κ1) is 19.9. The molecule has 0 bridgehead atoms. The van der Waals surface area contributed by atoms with Crippen LogP contribution in [0.15, 0.2) is 51.8 Å². The van der Waals surface area contributed by atoms with Gasteiger partial charge in [-0.25, -0.2) is 0 Å². The molecule has 2 aromatic rings. The maximum Gasteiger partial charge on any atom is 0.286 e. The van der Waals surface area contributed by atoms with Crippen LogP contribution in [0.3, 0.4) is 0 Å². The largest absolute Gasteiger partial charge is 0.497 e. The Morgan fingerprint density at radius 2 is 1.76 bits per heavy atom. The fourth-order valence-electron chi connectivity index (χ4n) is 3.73. The highest BCUT2D eigenvalue weighted by atomic mass is 32.2. The van der Waals surface area contributed by atoms with Crippen molar-refractivity contribution in [3.8, 4) is 5.75 Å². The van der Waals surface area contributed by atoms with Gasteiger partial charge in [0.25, 0.3) is 10.0 Å². The second kappa shape index (κ2) is 8.14. The molecule has 2 aliphatic rings. The van der Waals surface area contributed by atoms with Gasteiger partial charge in [-0.1, -0.05) is 18.2 Å². The number of anilines is 1. The summed E-state index contributed by atoms with van der Waals surface area (Å²) >= 11 is 0. The van der Waals surface area contributed by atoms with Crippen molar-refractivity contribution in [1.82, 2.24) is 9.80 Å². The number of amidine groups is 1. The average molecular weight is 415 g/mol.